The minimum absolute atomic E-state index is 0.0880. The lowest BCUT2D eigenvalue weighted by Gasteiger charge is -2.08. The Morgan fingerprint density at radius 3 is 2.50 bits per heavy atom. The van der Waals surface area contributed by atoms with Crippen LogP contribution >= 0.6 is 0 Å². The van der Waals surface area contributed by atoms with E-state index in [4.69, 9.17) is 5.73 Å². The Balaban J connectivity index is 1.82. The van der Waals surface area contributed by atoms with Crippen LogP contribution in [-0.2, 0) is 6.54 Å². The first-order chi connectivity index (χ1) is 12.5. The van der Waals surface area contributed by atoms with Crippen LogP contribution in [0.3, 0.4) is 0 Å². The molecule has 0 unspecified atom stereocenters. The molecule has 0 saturated heterocycles. The fraction of sp³-hybridized carbons (Fsp3) is 0.0526. The van der Waals surface area contributed by atoms with Gasteiger partial charge in [-0.3, -0.25) is 14.4 Å². The molecule has 3 N–H and O–H groups in total. The van der Waals surface area contributed by atoms with Crippen LogP contribution in [0, 0.1) is 0 Å². The van der Waals surface area contributed by atoms with Gasteiger partial charge < -0.3 is 11.1 Å². The second-order valence-corrected chi connectivity index (χ2v) is 5.60. The third-order valence-corrected chi connectivity index (χ3v) is 3.68. The fourth-order valence-corrected chi connectivity index (χ4v) is 2.38. The molecule has 0 aliphatic carbocycles. The summed E-state index contributed by atoms with van der Waals surface area (Å²) in [6.07, 6.45) is 0. The Hall–Kier alpha value is -3.74. The second kappa shape index (κ2) is 7.43. The van der Waals surface area contributed by atoms with Gasteiger partial charge in [-0.1, -0.05) is 36.4 Å². The first kappa shape index (κ1) is 17.1. The molecular formula is C19H16N4O3. The summed E-state index contributed by atoms with van der Waals surface area (Å²) in [5.41, 5.74) is 6.61. The van der Waals surface area contributed by atoms with Crippen LogP contribution in [0.25, 0.3) is 0 Å². The smallest absolute Gasteiger partial charge is 0.276 e. The van der Waals surface area contributed by atoms with Gasteiger partial charge in [0.1, 0.15) is 5.69 Å². The summed E-state index contributed by atoms with van der Waals surface area (Å²) in [5, 5.41) is 6.76. The number of anilines is 1. The van der Waals surface area contributed by atoms with E-state index in [-0.39, 0.29) is 23.4 Å². The zero-order chi connectivity index (χ0) is 18.5. The number of nitrogens with zero attached hydrogens (tertiary/aromatic N) is 2. The van der Waals surface area contributed by atoms with Crippen molar-refractivity contribution >= 4 is 17.5 Å². The van der Waals surface area contributed by atoms with Gasteiger partial charge in [0.25, 0.3) is 11.5 Å². The minimum Gasteiger partial charge on any atom is -0.366 e. The average molecular weight is 348 g/mol. The number of nitrogens with one attached hydrogen (secondary N) is 1. The summed E-state index contributed by atoms with van der Waals surface area (Å²) in [5.74, 6) is -1.08. The van der Waals surface area contributed by atoms with Crippen LogP contribution in [0.4, 0.5) is 5.69 Å². The zero-order valence-electron chi connectivity index (χ0n) is 13.8. The Labute approximate surface area is 149 Å². The molecule has 26 heavy (non-hydrogen) atoms. The van der Waals surface area contributed by atoms with Crippen molar-refractivity contribution in [2.24, 2.45) is 5.73 Å². The number of aromatic nitrogens is 2. The summed E-state index contributed by atoms with van der Waals surface area (Å²) in [7, 11) is 0. The maximum absolute atomic E-state index is 12.4. The van der Waals surface area contributed by atoms with Gasteiger partial charge in [0.2, 0.25) is 5.91 Å². The Morgan fingerprint density at radius 2 is 1.77 bits per heavy atom. The highest BCUT2D eigenvalue weighted by Gasteiger charge is 2.11. The molecule has 7 heteroatoms. The molecule has 0 aliphatic rings. The molecule has 3 rings (SSSR count). The molecule has 2 aromatic carbocycles. The molecule has 3 aromatic rings. The molecule has 0 radical (unpaired) electrons. The maximum Gasteiger partial charge on any atom is 0.276 e. The first-order valence-electron chi connectivity index (χ1n) is 7.86. The van der Waals surface area contributed by atoms with Crippen LogP contribution < -0.4 is 16.6 Å². The van der Waals surface area contributed by atoms with Gasteiger partial charge in [-0.15, -0.1) is 0 Å². The van der Waals surface area contributed by atoms with Gasteiger partial charge in [-0.25, -0.2) is 4.68 Å². The van der Waals surface area contributed by atoms with Crippen molar-refractivity contribution in [3.63, 3.8) is 0 Å². The SMILES string of the molecule is NC(=O)c1cccc(NC(=O)c2ccc(=O)n(Cc3ccccc3)n2)c1. The van der Waals surface area contributed by atoms with E-state index in [1.54, 1.807) is 18.2 Å². The van der Waals surface area contributed by atoms with Gasteiger partial charge in [0.05, 0.1) is 6.54 Å². The van der Waals surface area contributed by atoms with E-state index in [0.29, 0.717) is 5.69 Å². The highest BCUT2D eigenvalue weighted by molar-refractivity contribution is 6.03. The van der Waals surface area contributed by atoms with Gasteiger partial charge in [-0.05, 0) is 29.8 Å². The largest absolute Gasteiger partial charge is 0.366 e. The lowest BCUT2D eigenvalue weighted by atomic mass is 10.2. The van der Waals surface area contributed by atoms with Crippen molar-refractivity contribution in [2.45, 2.75) is 6.54 Å². The third kappa shape index (κ3) is 4.02. The molecule has 1 aromatic heterocycles. The van der Waals surface area contributed by atoms with E-state index < -0.39 is 11.8 Å². The highest BCUT2D eigenvalue weighted by atomic mass is 16.2. The number of nitrogens with two attached hydrogens (primary N) is 1. The first-order valence-corrected chi connectivity index (χ1v) is 7.86. The summed E-state index contributed by atoms with van der Waals surface area (Å²) in [6.45, 7) is 0.262. The predicted octanol–water partition coefficient (Wildman–Crippen LogP) is 1.64. The summed E-state index contributed by atoms with van der Waals surface area (Å²) in [6, 6.07) is 18.3. The number of hydrogen-bond donors (Lipinski definition) is 2. The molecular weight excluding hydrogens is 332 g/mol. The van der Waals surface area contributed by atoms with Crippen molar-refractivity contribution < 1.29 is 9.59 Å². The lowest BCUT2D eigenvalue weighted by Crippen LogP contribution is -2.26. The molecule has 0 fully saturated rings. The molecule has 0 saturated carbocycles. The van der Waals surface area contributed by atoms with Crippen LogP contribution in [-0.4, -0.2) is 21.6 Å². The Bertz CT molecular complexity index is 1010. The number of rotatable bonds is 5. The van der Waals surface area contributed by atoms with Crippen LogP contribution in [0.2, 0.25) is 0 Å². The second-order valence-electron chi connectivity index (χ2n) is 5.60. The highest BCUT2D eigenvalue weighted by Crippen LogP contribution is 2.11. The van der Waals surface area contributed by atoms with E-state index in [9.17, 15) is 14.4 Å². The van der Waals surface area contributed by atoms with Crippen LogP contribution in [0.5, 0.6) is 0 Å². The Kier molecular flexibility index (Phi) is 4.89. The number of hydrogen-bond acceptors (Lipinski definition) is 4. The molecule has 0 aliphatic heterocycles. The molecule has 0 bridgehead atoms. The molecule has 2 amide bonds. The maximum atomic E-state index is 12.4. The van der Waals surface area contributed by atoms with Gasteiger partial charge in [0, 0.05) is 17.3 Å². The van der Waals surface area contributed by atoms with Crippen LogP contribution in [0.15, 0.2) is 71.5 Å². The number of carbonyl (C=O) groups is 2. The van der Waals surface area contributed by atoms with Crippen molar-refractivity contribution in [3.05, 3.63) is 93.9 Å². The average Bonchev–Trinajstić information content (AvgIpc) is 2.64. The van der Waals surface area contributed by atoms with Crippen molar-refractivity contribution in [2.75, 3.05) is 5.32 Å². The van der Waals surface area contributed by atoms with Gasteiger partial charge in [0.15, 0.2) is 0 Å². The molecule has 130 valence electrons. The lowest BCUT2D eigenvalue weighted by molar-refractivity contribution is 0.0995. The van der Waals surface area contributed by atoms with Crippen molar-refractivity contribution in [3.8, 4) is 0 Å². The molecule has 1 heterocycles. The standard InChI is InChI=1S/C19H16N4O3/c20-18(25)14-7-4-8-15(11-14)21-19(26)16-9-10-17(24)23(22-16)12-13-5-2-1-3-6-13/h1-11H,12H2,(H2,20,25)(H,21,26). The molecule has 0 atom stereocenters. The normalized spacial score (nSPS) is 10.3. The topological polar surface area (TPSA) is 107 Å². The van der Waals surface area contributed by atoms with E-state index in [1.807, 2.05) is 30.3 Å². The third-order valence-electron chi connectivity index (χ3n) is 3.68. The molecule has 0 spiro atoms. The number of primary amides is 1. The fourth-order valence-electron chi connectivity index (χ4n) is 2.38. The number of benzene rings is 2. The summed E-state index contributed by atoms with van der Waals surface area (Å²) < 4.78 is 1.23. The molecule has 7 nitrogen and oxygen atoms in total. The van der Waals surface area contributed by atoms with E-state index in [2.05, 4.69) is 10.4 Å². The quantitative estimate of drug-likeness (QED) is 0.731. The summed E-state index contributed by atoms with van der Waals surface area (Å²) in [4.78, 5) is 35.6. The van der Waals surface area contributed by atoms with Crippen molar-refractivity contribution in [1.29, 1.82) is 0 Å². The minimum atomic E-state index is -0.587. The van der Waals surface area contributed by atoms with E-state index >= 15 is 0 Å². The van der Waals surface area contributed by atoms with E-state index in [1.165, 1.54) is 22.9 Å². The van der Waals surface area contributed by atoms with Crippen LogP contribution in [0.1, 0.15) is 26.4 Å². The number of amides is 2. The van der Waals surface area contributed by atoms with Crippen molar-refractivity contribution in [1.82, 2.24) is 9.78 Å². The Morgan fingerprint density at radius 1 is 1.00 bits per heavy atom. The zero-order valence-corrected chi connectivity index (χ0v) is 13.8. The van der Waals surface area contributed by atoms with Gasteiger partial charge in [-0.2, -0.15) is 5.10 Å². The van der Waals surface area contributed by atoms with E-state index in [0.717, 1.165) is 5.56 Å². The van der Waals surface area contributed by atoms with Gasteiger partial charge >= 0.3 is 0 Å². The number of carbonyl (C=O) groups excluding carboxylic acids is 2. The summed E-state index contributed by atoms with van der Waals surface area (Å²) >= 11 is 0. The monoisotopic (exact) mass is 348 g/mol. The predicted molar refractivity (Wildman–Crippen MR) is 97.0 cm³/mol.